The Kier molecular flexibility index (Phi) is 3.37. The molecule has 0 fully saturated rings. The molecule has 2 aromatic rings. The maximum atomic E-state index is 13.0. The van der Waals surface area contributed by atoms with Crippen LogP contribution >= 0.6 is 0 Å². The van der Waals surface area contributed by atoms with Crippen molar-refractivity contribution >= 4 is 5.78 Å². The summed E-state index contributed by atoms with van der Waals surface area (Å²) in [6.07, 6.45) is 0. The van der Waals surface area contributed by atoms with Gasteiger partial charge in [0.25, 0.3) is 0 Å². The number of carbonyl (C=O) groups is 1. The summed E-state index contributed by atoms with van der Waals surface area (Å²) in [5.74, 6) is -1.49. The van der Waals surface area contributed by atoms with Crippen molar-refractivity contribution in [2.45, 2.75) is 0 Å². The van der Waals surface area contributed by atoms with Crippen LogP contribution < -0.4 is 4.74 Å². The lowest BCUT2D eigenvalue weighted by Gasteiger charge is -2.04. The number of ketones is 1. The molecule has 0 unspecified atom stereocenters. The summed E-state index contributed by atoms with van der Waals surface area (Å²) in [6.45, 7) is 0. The number of benzene rings is 2. The first kappa shape index (κ1) is 12.2. The molecule has 0 atom stereocenters. The third-order valence-electron chi connectivity index (χ3n) is 2.46. The molecule has 0 amide bonds. The first-order valence-corrected chi connectivity index (χ1v) is 5.25. The molecule has 0 radical (unpaired) electrons. The lowest BCUT2D eigenvalue weighted by Crippen LogP contribution is -2.03. The third-order valence-corrected chi connectivity index (χ3v) is 2.46. The maximum Gasteiger partial charge on any atom is 0.193 e. The maximum absolute atomic E-state index is 13.0. The van der Waals surface area contributed by atoms with E-state index >= 15 is 0 Å². The summed E-state index contributed by atoms with van der Waals surface area (Å²) >= 11 is 0. The molecule has 0 aromatic heterocycles. The van der Waals surface area contributed by atoms with Gasteiger partial charge in [-0.2, -0.15) is 0 Å². The number of halogens is 2. The second kappa shape index (κ2) is 4.96. The number of ether oxygens (including phenoxy) is 1. The Labute approximate surface area is 103 Å². The molecular weight excluding hydrogens is 238 g/mol. The number of hydrogen-bond donors (Lipinski definition) is 0. The van der Waals surface area contributed by atoms with E-state index in [0.29, 0.717) is 11.3 Å². The standard InChI is InChI=1S/C14H10F2O2/c1-18-13-4-2-3-9(7-13)14(17)10-5-11(15)8-12(16)6-10/h2-8H,1H3. The Balaban J connectivity index is 2.41. The Bertz CT molecular complexity index is 574. The first-order valence-electron chi connectivity index (χ1n) is 5.25. The minimum absolute atomic E-state index is 0.0271. The van der Waals surface area contributed by atoms with Gasteiger partial charge in [0, 0.05) is 17.2 Å². The van der Waals surface area contributed by atoms with Crippen molar-refractivity contribution in [3.8, 4) is 5.75 Å². The highest BCUT2D eigenvalue weighted by Crippen LogP contribution is 2.17. The number of rotatable bonds is 3. The molecule has 18 heavy (non-hydrogen) atoms. The molecule has 0 aliphatic heterocycles. The van der Waals surface area contributed by atoms with Crippen LogP contribution in [0.2, 0.25) is 0 Å². The fraction of sp³-hybridized carbons (Fsp3) is 0.0714. The topological polar surface area (TPSA) is 26.3 Å². The van der Waals surface area contributed by atoms with E-state index in [0.717, 1.165) is 18.2 Å². The van der Waals surface area contributed by atoms with Crippen molar-refractivity contribution in [3.05, 3.63) is 65.2 Å². The van der Waals surface area contributed by atoms with E-state index in [9.17, 15) is 13.6 Å². The molecule has 0 N–H and O–H groups in total. The van der Waals surface area contributed by atoms with Gasteiger partial charge in [0.1, 0.15) is 17.4 Å². The largest absolute Gasteiger partial charge is 0.497 e. The average Bonchev–Trinajstić information content (AvgIpc) is 2.37. The van der Waals surface area contributed by atoms with Gasteiger partial charge in [-0.3, -0.25) is 4.79 Å². The second-order valence-corrected chi connectivity index (χ2v) is 3.72. The van der Waals surface area contributed by atoms with Crippen molar-refractivity contribution in [1.29, 1.82) is 0 Å². The summed E-state index contributed by atoms with van der Waals surface area (Å²) in [5, 5.41) is 0. The van der Waals surface area contributed by atoms with Crippen LogP contribution in [0.1, 0.15) is 15.9 Å². The van der Waals surface area contributed by atoms with Crippen molar-refractivity contribution in [2.75, 3.05) is 7.11 Å². The van der Waals surface area contributed by atoms with Gasteiger partial charge >= 0.3 is 0 Å². The Morgan fingerprint density at radius 2 is 1.67 bits per heavy atom. The van der Waals surface area contributed by atoms with Crippen LogP contribution in [-0.2, 0) is 0 Å². The smallest absolute Gasteiger partial charge is 0.193 e. The monoisotopic (exact) mass is 248 g/mol. The molecule has 0 saturated heterocycles. The highest BCUT2D eigenvalue weighted by atomic mass is 19.1. The SMILES string of the molecule is COc1cccc(C(=O)c2cc(F)cc(F)c2)c1. The summed E-state index contributed by atoms with van der Waals surface area (Å²) in [4.78, 5) is 12.0. The Morgan fingerprint density at radius 3 is 2.28 bits per heavy atom. The van der Waals surface area contributed by atoms with E-state index in [2.05, 4.69) is 0 Å². The molecule has 2 aromatic carbocycles. The zero-order valence-electron chi connectivity index (χ0n) is 9.61. The fourth-order valence-electron chi connectivity index (χ4n) is 1.62. The van der Waals surface area contributed by atoms with Crippen LogP contribution in [0, 0.1) is 11.6 Å². The van der Waals surface area contributed by atoms with Crippen LogP contribution in [0.5, 0.6) is 5.75 Å². The quantitative estimate of drug-likeness (QED) is 0.780. The lowest BCUT2D eigenvalue weighted by molar-refractivity contribution is 0.103. The van der Waals surface area contributed by atoms with Crippen LogP contribution in [0.15, 0.2) is 42.5 Å². The number of hydrogen-bond acceptors (Lipinski definition) is 2. The zero-order chi connectivity index (χ0) is 13.1. The highest BCUT2D eigenvalue weighted by molar-refractivity contribution is 6.09. The molecule has 0 spiro atoms. The summed E-state index contributed by atoms with van der Waals surface area (Å²) in [6, 6.07) is 9.14. The molecule has 0 heterocycles. The Morgan fingerprint density at radius 1 is 1.00 bits per heavy atom. The van der Waals surface area contributed by atoms with Crippen LogP contribution in [-0.4, -0.2) is 12.9 Å². The molecule has 0 saturated carbocycles. The third kappa shape index (κ3) is 2.53. The number of carbonyl (C=O) groups excluding carboxylic acids is 1. The number of methoxy groups -OCH3 is 1. The molecular formula is C14H10F2O2. The van der Waals surface area contributed by atoms with Crippen molar-refractivity contribution in [3.63, 3.8) is 0 Å². The summed E-state index contributed by atoms with van der Waals surface area (Å²) < 4.78 is 31.1. The van der Waals surface area contributed by atoms with E-state index in [1.165, 1.54) is 13.2 Å². The van der Waals surface area contributed by atoms with Gasteiger partial charge in [0.2, 0.25) is 0 Å². The van der Waals surface area contributed by atoms with Gasteiger partial charge < -0.3 is 4.74 Å². The molecule has 2 rings (SSSR count). The minimum atomic E-state index is -0.777. The van der Waals surface area contributed by atoms with Gasteiger partial charge in [0.05, 0.1) is 7.11 Å². The van der Waals surface area contributed by atoms with Gasteiger partial charge in [-0.15, -0.1) is 0 Å². The molecule has 0 aliphatic rings. The van der Waals surface area contributed by atoms with Crippen molar-refractivity contribution in [1.82, 2.24) is 0 Å². The second-order valence-electron chi connectivity index (χ2n) is 3.72. The van der Waals surface area contributed by atoms with E-state index in [-0.39, 0.29) is 5.56 Å². The molecule has 2 nitrogen and oxygen atoms in total. The van der Waals surface area contributed by atoms with E-state index in [4.69, 9.17) is 4.74 Å². The minimum Gasteiger partial charge on any atom is -0.497 e. The normalized spacial score (nSPS) is 10.2. The molecule has 4 heteroatoms. The van der Waals surface area contributed by atoms with Gasteiger partial charge in [-0.1, -0.05) is 12.1 Å². The fourth-order valence-corrected chi connectivity index (χ4v) is 1.62. The molecule has 92 valence electrons. The molecule has 0 aliphatic carbocycles. The highest BCUT2D eigenvalue weighted by Gasteiger charge is 2.12. The zero-order valence-corrected chi connectivity index (χ0v) is 9.61. The van der Waals surface area contributed by atoms with E-state index < -0.39 is 17.4 Å². The average molecular weight is 248 g/mol. The van der Waals surface area contributed by atoms with Crippen LogP contribution in [0.3, 0.4) is 0 Å². The van der Waals surface area contributed by atoms with Gasteiger partial charge in [-0.05, 0) is 24.3 Å². The first-order chi connectivity index (χ1) is 8.60. The van der Waals surface area contributed by atoms with Gasteiger partial charge in [0.15, 0.2) is 5.78 Å². The summed E-state index contributed by atoms with van der Waals surface area (Å²) in [7, 11) is 1.48. The predicted molar refractivity (Wildman–Crippen MR) is 62.8 cm³/mol. The molecule has 0 bridgehead atoms. The Hall–Kier alpha value is -2.23. The van der Waals surface area contributed by atoms with Crippen molar-refractivity contribution in [2.24, 2.45) is 0 Å². The van der Waals surface area contributed by atoms with Crippen LogP contribution in [0.4, 0.5) is 8.78 Å². The van der Waals surface area contributed by atoms with Gasteiger partial charge in [-0.25, -0.2) is 8.78 Å². The predicted octanol–water partition coefficient (Wildman–Crippen LogP) is 3.20. The van der Waals surface area contributed by atoms with Crippen LogP contribution in [0.25, 0.3) is 0 Å². The van der Waals surface area contributed by atoms with E-state index in [1.807, 2.05) is 0 Å². The van der Waals surface area contributed by atoms with E-state index in [1.54, 1.807) is 18.2 Å². The van der Waals surface area contributed by atoms with Crippen molar-refractivity contribution < 1.29 is 18.3 Å². The lowest BCUT2D eigenvalue weighted by atomic mass is 10.0. The summed E-state index contributed by atoms with van der Waals surface area (Å²) in [5.41, 5.74) is 0.292.